The molecule has 1 aromatic rings. The van der Waals surface area contributed by atoms with Crippen molar-refractivity contribution in [3.8, 4) is 0 Å². The summed E-state index contributed by atoms with van der Waals surface area (Å²) in [6.07, 6.45) is 1.61. The molecule has 0 spiro atoms. The van der Waals surface area contributed by atoms with E-state index in [-0.39, 0.29) is 0 Å². The van der Waals surface area contributed by atoms with Gasteiger partial charge in [0.1, 0.15) is 0 Å². The molecule has 1 saturated heterocycles. The van der Waals surface area contributed by atoms with E-state index in [1.807, 2.05) is 30.3 Å². The zero-order valence-corrected chi connectivity index (χ0v) is 10.6. The maximum Gasteiger partial charge on any atom is 0.214 e. The van der Waals surface area contributed by atoms with Gasteiger partial charge in [0, 0.05) is 25.3 Å². The van der Waals surface area contributed by atoms with Gasteiger partial charge in [-0.1, -0.05) is 18.2 Å². The minimum atomic E-state index is -2.93. The maximum atomic E-state index is 11.5. The Kier molecular flexibility index (Phi) is 4.02. The summed E-state index contributed by atoms with van der Waals surface area (Å²) >= 11 is 0. The average molecular weight is 254 g/mol. The first-order valence-corrected chi connectivity index (χ1v) is 7.56. The summed E-state index contributed by atoms with van der Waals surface area (Å²) in [5, 5.41) is 3.27. The van der Waals surface area contributed by atoms with Crippen molar-refractivity contribution < 1.29 is 8.42 Å². The molecule has 0 aromatic heterocycles. The van der Waals surface area contributed by atoms with E-state index < -0.39 is 10.0 Å². The Morgan fingerprint density at radius 2 is 2.00 bits per heavy atom. The second-order valence-corrected chi connectivity index (χ2v) is 6.30. The number of hydrogen-bond acceptors (Lipinski definition) is 3. The van der Waals surface area contributed by atoms with Crippen LogP contribution >= 0.6 is 0 Å². The van der Waals surface area contributed by atoms with Gasteiger partial charge in [0.25, 0.3) is 0 Å². The van der Waals surface area contributed by atoms with E-state index in [0.29, 0.717) is 18.8 Å². The van der Waals surface area contributed by atoms with Crippen molar-refractivity contribution >= 4 is 15.7 Å². The second-order valence-electron chi connectivity index (χ2n) is 4.21. The number of para-hydroxylation sites is 1. The molecule has 0 bridgehead atoms. The van der Waals surface area contributed by atoms with E-state index in [2.05, 4.69) is 5.32 Å². The van der Waals surface area contributed by atoms with Crippen molar-refractivity contribution in [1.82, 2.24) is 4.31 Å². The number of anilines is 1. The van der Waals surface area contributed by atoms with Crippen molar-refractivity contribution in [2.75, 3.05) is 30.7 Å². The van der Waals surface area contributed by atoms with E-state index >= 15 is 0 Å². The van der Waals surface area contributed by atoms with Crippen LogP contribution in [-0.2, 0) is 10.0 Å². The van der Waals surface area contributed by atoms with Gasteiger partial charge in [-0.05, 0) is 25.0 Å². The van der Waals surface area contributed by atoms with Gasteiger partial charge in [0.2, 0.25) is 10.0 Å². The molecule has 1 N–H and O–H groups in total. The van der Waals surface area contributed by atoms with E-state index in [9.17, 15) is 8.42 Å². The molecule has 1 heterocycles. The third-order valence-electron chi connectivity index (χ3n) is 2.89. The van der Waals surface area contributed by atoms with E-state index in [0.717, 1.165) is 25.1 Å². The van der Waals surface area contributed by atoms with E-state index in [1.165, 1.54) is 0 Å². The standard InChI is InChI=1S/C12H18N2O2S/c15-17(16)11-5-10-14(17)9-4-8-13-12-6-2-1-3-7-12/h1-3,6-7,13H,4-5,8-11H2. The summed E-state index contributed by atoms with van der Waals surface area (Å²) in [5.74, 6) is 0.319. The van der Waals surface area contributed by atoms with Crippen LogP contribution in [0.1, 0.15) is 12.8 Å². The van der Waals surface area contributed by atoms with Gasteiger partial charge in [-0.25, -0.2) is 12.7 Å². The van der Waals surface area contributed by atoms with Crippen LogP contribution in [0.4, 0.5) is 5.69 Å². The zero-order valence-electron chi connectivity index (χ0n) is 9.80. The second kappa shape index (κ2) is 5.51. The number of sulfonamides is 1. The molecule has 94 valence electrons. The first-order chi connectivity index (χ1) is 8.18. The number of nitrogens with zero attached hydrogens (tertiary/aromatic N) is 1. The van der Waals surface area contributed by atoms with Crippen LogP contribution in [0.15, 0.2) is 30.3 Å². The van der Waals surface area contributed by atoms with Crippen molar-refractivity contribution in [2.24, 2.45) is 0 Å². The fraction of sp³-hybridized carbons (Fsp3) is 0.500. The highest BCUT2D eigenvalue weighted by Gasteiger charge is 2.27. The Balaban J connectivity index is 1.70. The summed E-state index contributed by atoms with van der Waals surface area (Å²) in [4.78, 5) is 0. The van der Waals surface area contributed by atoms with Crippen molar-refractivity contribution in [3.63, 3.8) is 0 Å². The Morgan fingerprint density at radius 3 is 2.65 bits per heavy atom. The third-order valence-corrected chi connectivity index (χ3v) is 4.85. The molecule has 0 radical (unpaired) electrons. The highest BCUT2D eigenvalue weighted by Crippen LogP contribution is 2.13. The molecule has 1 fully saturated rings. The Morgan fingerprint density at radius 1 is 1.24 bits per heavy atom. The topological polar surface area (TPSA) is 49.4 Å². The van der Waals surface area contributed by atoms with Crippen LogP contribution in [0.25, 0.3) is 0 Å². The molecule has 0 amide bonds. The fourth-order valence-electron chi connectivity index (χ4n) is 1.99. The average Bonchev–Trinajstić information content (AvgIpc) is 2.66. The van der Waals surface area contributed by atoms with Crippen LogP contribution in [-0.4, -0.2) is 38.1 Å². The van der Waals surface area contributed by atoms with Gasteiger partial charge in [-0.15, -0.1) is 0 Å². The summed E-state index contributed by atoms with van der Waals surface area (Å²) in [6.45, 7) is 2.12. The predicted octanol–water partition coefficient (Wildman–Crippen LogP) is 1.52. The first kappa shape index (κ1) is 12.4. The van der Waals surface area contributed by atoms with Crippen LogP contribution in [0.2, 0.25) is 0 Å². The lowest BCUT2D eigenvalue weighted by molar-refractivity contribution is 0.440. The Labute approximate surface area is 103 Å². The van der Waals surface area contributed by atoms with Gasteiger partial charge >= 0.3 is 0 Å². The van der Waals surface area contributed by atoms with Crippen LogP contribution in [0, 0.1) is 0 Å². The molecule has 2 rings (SSSR count). The molecule has 0 aliphatic carbocycles. The SMILES string of the molecule is O=S1(=O)CCCN1CCCNc1ccccc1. The fourth-order valence-corrected chi connectivity index (χ4v) is 3.55. The van der Waals surface area contributed by atoms with Gasteiger partial charge in [0.05, 0.1) is 5.75 Å². The van der Waals surface area contributed by atoms with Crippen molar-refractivity contribution in [3.05, 3.63) is 30.3 Å². The van der Waals surface area contributed by atoms with Gasteiger partial charge in [-0.2, -0.15) is 0 Å². The smallest absolute Gasteiger partial charge is 0.214 e. The molecule has 0 unspecified atom stereocenters. The molecule has 5 heteroatoms. The predicted molar refractivity (Wildman–Crippen MR) is 69.5 cm³/mol. The number of hydrogen-bond donors (Lipinski definition) is 1. The number of rotatable bonds is 5. The van der Waals surface area contributed by atoms with E-state index in [4.69, 9.17) is 0 Å². The largest absolute Gasteiger partial charge is 0.385 e. The molecule has 1 aliphatic rings. The minimum Gasteiger partial charge on any atom is -0.385 e. The normalized spacial score (nSPS) is 19.3. The van der Waals surface area contributed by atoms with E-state index in [1.54, 1.807) is 4.31 Å². The van der Waals surface area contributed by atoms with Crippen LogP contribution < -0.4 is 5.32 Å². The highest BCUT2D eigenvalue weighted by atomic mass is 32.2. The lowest BCUT2D eigenvalue weighted by atomic mass is 10.3. The van der Waals surface area contributed by atoms with Crippen LogP contribution in [0.3, 0.4) is 0 Å². The summed E-state index contributed by atoms with van der Waals surface area (Å²) < 4.78 is 24.7. The van der Waals surface area contributed by atoms with Gasteiger partial charge in [-0.3, -0.25) is 0 Å². The van der Waals surface area contributed by atoms with Gasteiger partial charge in [0.15, 0.2) is 0 Å². The Bertz CT molecular complexity index is 445. The third kappa shape index (κ3) is 3.44. The summed E-state index contributed by atoms with van der Waals surface area (Å²) in [6, 6.07) is 9.95. The van der Waals surface area contributed by atoms with Gasteiger partial charge < -0.3 is 5.32 Å². The lowest BCUT2D eigenvalue weighted by Crippen LogP contribution is -2.27. The monoisotopic (exact) mass is 254 g/mol. The molecule has 1 aromatic carbocycles. The quantitative estimate of drug-likeness (QED) is 0.811. The summed E-state index contributed by atoms with van der Waals surface area (Å²) in [5.41, 5.74) is 1.08. The maximum absolute atomic E-state index is 11.5. The summed E-state index contributed by atoms with van der Waals surface area (Å²) in [7, 11) is -2.93. The number of benzene rings is 1. The highest BCUT2D eigenvalue weighted by molar-refractivity contribution is 7.89. The Hall–Kier alpha value is -1.07. The molecule has 4 nitrogen and oxygen atoms in total. The first-order valence-electron chi connectivity index (χ1n) is 5.95. The molecular weight excluding hydrogens is 236 g/mol. The molecule has 1 aliphatic heterocycles. The molecular formula is C12H18N2O2S. The zero-order chi connectivity index (χ0) is 12.1. The molecule has 17 heavy (non-hydrogen) atoms. The van der Waals surface area contributed by atoms with Crippen molar-refractivity contribution in [2.45, 2.75) is 12.8 Å². The molecule has 0 atom stereocenters. The lowest BCUT2D eigenvalue weighted by Gasteiger charge is -2.14. The number of nitrogens with one attached hydrogen (secondary N) is 1. The molecule has 0 saturated carbocycles. The van der Waals surface area contributed by atoms with Crippen molar-refractivity contribution in [1.29, 1.82) is 0 Å². The minimum absolute atomic E-state index is 0.319. The van der Waals surface area contributed by atoms with Crippen LogP contribution in [0.5, 0.6) is 0 Å².